The Morgan fingerprint density at radius 1 is 1.14 bits per heavy atom. The van der Waals surface area contributed by atoms with E-state index in [1.54, 1.807) is 0 Å². The molecule has 3 N–H and O–H groups in total. The Morgan fingerprint density at radius 2 is 1.79 bits per heavy atom. The Labute approximate surface area is 174 Å². The topological polar surface area (TPSA) is 98.7 Å². The lowest BCUT2D eigenvalue weighted by Gasteiger charge is -2.29. The number of hydrogen-bond acceptors (Lipinski definition) is 5. The zero-order valence-corrected chi connectivity index (χ0v) is 18.2. The summed E-state index contributed by atoms with van der Waals surface area (Å²) in [5.41, 5.74) is 2.78. The van der Waals surface area contributed by atoms with Crippen molar-refractivity contribution < 1.29 is 19.5 Å². The van der Waals surface area contributed by atoms with Crippen molar-refractivity contribution in [1.29, 1.82) is 0 Å². The van der Waals surface area contributed by atoms with Gasteiger partial charge in [0.15, 0.2) is 0 Å². The van der Waals surface area contributed by atoms with Crippen molar-refractivity contribution in [1.82, 2.24) is 15.8 Å². The zero-order valence-electron chi connectivity index (χ0n) is 17.3. The van der Waals surface area contributed by atoms with Gasteiger partial charge in [0.1, 0.15) is 0 Å². The van der Waals surface area contributed by atoms with Crippen LogP contribution in [0, 0.1) is 11.8 Å². The Morgan fingerprint density at radius 3 is 2.39 bits per heavy atom. The van der Waals surface area contributed by atoms with Gasteiger partial charge in [-0.15, -0.1) is 0 Å². The van der Waals surface area contributed by atoms with E-state index in [0.717, 1.165) is 51.6 Å². The van der Waals surface area contributed by atoms with Crippen molar-refractivity contribution in [2.45, 2.75) is 76.9 Å². The lowest BCUT2D eigenvalue weighted by atomic mass is 9.91. The second-order valence-corrected chi connectivity index (χ2v) is 8.71. The lowest BCUT2D eigenvalue weighted by Crippen LogP contribution is -2.50. The van der Waals surface area contributed by atoms with Crippen LogP contribution >= 0.6 is 12.6 Å². The number of carbonyl (C=O) groups excluding carboxylic acids is 2. The average molecular weight is 416 g/mol. The predicted molar refractivity (Wildman–Crippen MR) is 113 cm³/mol. The quantitative estimate of drug-likeness (QED) is 0.479. The highest BCUT2D eigenvalue weighted by atomic mass is 32.1. The summed E-state index contributed by atoms with van der Waals surface area (Å²) < 4.78 is 0. The number of hydrazine groups is 1. The number of aliphatic carboxylic acids is 1. The molecule has 0 spiro atoms. The third kappa shape index (κ3) is 10.3. The van der Waals surface area contributed by atoms with Gasteiger partial charge in [0.05, 0.1) is 12.3 Å². The van der Waals surface area contributed by atoms with Gasteiger partial charge in [0, 0.05) is 18.2 Å². The fraction of sp³-hybridized carbons (Fsp3) is 0.850. The second-order valence-electron chi connectivity index (χ2n) is 8.04. The van der Waals surface area contributed by atoms with Crippen molar-refractivity contribution in [2.24, 2.45) is 11.8 Å². The van der Waals surface area contributed by atoms with Crippen molar-refractivity contribution in [3.63, 3.8) is 0 Å². The molecule has 28 heavy (non-hydrogen) atoms. The first-order valence-electron chi connectivity index (χ1n) is 10.5. The van der Waals surface area contributed by atoms with Crippen molar-refractivity contribution in [2.75, 3.05) is 19.6 Å². The van der Waals surface area contributed by atoms with Gasteiger partial charge in [-0.25, -0.2) is 0 Å². The molecular weight excluding hydrogens is 378 g/mol. The SMILES string of the molecule is CC(C)CC(C(=O)NN1CCCCCNCCCCCC1=O)C(S)CC(=O)O. The van der Waals surface area contributed by atoms with Crippen molar-refractivity contribution in [3.8, 4) is 0 Å². The smallest absolute Gasteiger partial charge is 0.304 e. The first-order valence-corrected chi connectivity index (χ1v) is 11.0. The number of thiol groups is 1. The van der Waals surface area contributed by atoms with Gasteiger partial charge >= 0.3 is 5.97 Å². The van der Waals surface area contributed by atoms with Crippen LogP contribution in [-0.2, 0) is 14.4 Å². The highest BCUT2D eigenvalue weighted by Gasteiger charge is 2.30. The lowest BCUT2D eigenvalue weighted by molar-refractivity contribution is -0.144. The summed E-state index contributed by atoms with van der Waals surface area (Å²) in [6, 6.07) is 0. The summed E-state index contributed by atoms with van der Waals surface area (Å²) in [4.78, 5) is 36.6. The summed E-state index contributed by atoms with van der Waals surface area (Å²) in [5, 5.41) is 13.3. The number of amides is 2. The molecular formula is C20H37N3O4S. The molecule has 0 aromatic rings. The van der Waals surface area contributed by atoms with E-state index in [1.807, 2.05) is 13.8 Å². The molecule has 1 rings (SSSR count). The van der Waals surface area contributed by atoms with Crippen LogP contribution in [0.25, 0.3) is 0 Å². The fourth-order valence-corrected chi connectivity index (χ4v) is 3.80. The van der Waals surface area contributed by atoms with Gasteiger partial charge in [-0.3, -0.25) is 24.8 Å². The number of carboxylic acid groups (broad SMARTS) is 1. The van der Waals surface area contributed by atoms with E-state index in [1.165, 1.54) is 5.01 Å². The zero-order chi connectivity index (χ0) is 20.9. The summed E-state index contributed by atoms with van der Waals surface area (Å²) in [6.45, 7) is 6.42. The van der Waals surface area contributed by atoms with Crippen LogP contribution in [0.4, 0.5) is 0 Å². The van der Waals surface area contributed by atoms with Crippen LogP contribution in [0.3, 0.4) is 0 Å². The molecule has 2 atom stereocenters. The molecule has 0 aromatic carbocycles. The van der Waals surface area contributed by atoms with Crippen molar-refractivity contribution >= 4 is 30.4 Å². The van der Waals surface area contributed by atoms with Crippen LogP contribution in [0.2, 0.25) is 0 Å². The number of carboxylic acids is 1. The highest BCUT2D eigenvalue weighted by molar-refractivity contribution is 7.81. The maximum atomic E-state index is 12.9. The number of hydrogen-bond donors (Lipinski definition) is 4. The monoisotopic (exact) mass is 415 g/mol. The molecule has 1 heterocycles. The molecule has 1 aliphatic heterocycles. The van der Waals surface area contributed by atoms with E-state index >= 15 is 0 Å². The molecule has 8 heteroatoms. The normalized spacial score (nSPS) is 19.9. The van der Waals surface area contributed by atoms with E-state index < -0.39 is 17.1 Å². The molecule has 0 aliphatic carbocycles. The van der Waals surface area contributed by atoms with E-state index in [4.69, 9.17) is 5.11 Å². The fourth-order valence-electron chi connectivity index (χ4n) is 3.39. The van der Waals surface area contributed by atoms with E-state index in [9.17, 15) is 14.4 Å². The molecule has 2 amide bonds. The number of nitrogens with one attached hydrogen (secondary N) is 2. The van der Waals surface area contributed by atoms with Crippen LogP contribution in [0.1, 0.15) is 71.6 Å². The first-order chi connectivity index (χ1) is 13.3. The van der Waals surface area contributed by atoms with E-state index in [2.05, 4.69) is 23.4 Å². The summed E-state index contributed by atoms with van der Waals surface area (Å²) in [7, 11) is 0. The minimum atomic E-state index is -0.978. The third-order valence-corrected chi connectivity index (χ3v) is 5.48. The maximum absolute atomic E-state index is 12.9. The number of nitrogens with zero attached hydrogens (tertiary/aromatic N) is 1. The van der Waals surface area contributed by atoms with E-state index in [-0.39, 0.29) is 24.2 Å². The second kappa shape index (κ2) is 13.8. The van der Waals surface area contributed by atoms with Crippen LogP contribution in [-0.4, -0.2) is 52.8 Å². The predicted octanol–water partition coefficient (Wildman–Crippen LogP) is 2.62. The summed E-state index contributed by atoms with van der Waals surface area (Å²) in [6.07, 6.45) is 6.43. The molecule has 162 valence electrons. The van der Waals surface area contributed by atoms with Gasteiger partial charge in [-0.2, -0.15) is 12.6 Å². The molecule has 7 nitrogen and oxygen atoms in total. The Hall–Kier alpha value is -1.28. The van der Waals surface area contributed by atoms with Crippen molar-refractivity contribution in [3.05, 3.63) is 0 Å². The van der Waals surface area contributed by atoms with Gasteiger partial charge in [-0.05, 0) is 51.1 Å². The molecule has 0 saturated carbocycles. The maximum Gasteiger partial charge on any atom is 0.304 e. The Bertz CT molecular complexity index is 502. The van der Waals surface area contributed by atoms with E-state index in [0.29, 0.717) is 19.4 Å². The van der Waals surface area contributed by atoms with Crippen LogP contribution < -0.4 is 10.7 Å². The first kappa shape index (κ1) is 24.8. The molecule has 0 radical (unpaired) electrons. The standard InChI is InChI=1S/C20H37N3O4S/c1-15(2)13-16(17(28)14-19(25)26)20(27)22-23-12-8-4-7-11-21-10-6-3-5-9-18(23)24/h15-17,21,28H,3-14H2,1-2H3,(H,22,27)(H,25,26). The average Bonchev–Trinajstić information content (AvgIpc) is 2.63. The molecule has 1 saturated heterocycles. The van der Waals surface area contributed by atoms with Gasteiger partial charge in [-0.1, -0.05) is 26.7 Å². The Kier molecular flexibility index (Phi) is 12.2. The molecule has 1 fully saturated rings. The van der Waals surface area contributed by atoms with Crippen LogP contribution in [0.5, 0.6) is 0 Å². The Balaban J connectivity index is 2.77. The van der Waals surface area contributed by atoms with Gasteiger partial charge < -0.3 is 10.4 Å². The minimum Gasteiger partial charge on any atom is -0.481 e. The minimum absolute atomic E-state index is 0.0715. The molecule has 1 aliphatic rings. The summed E-state index contributed by atoms with van der Waals surface area (Å²) in [5.74, 6) is -1.70. The highest BCUT2D eigenvalue weighted by Crippen LogP contribution is 2.23. The molecule has 0 bridgehead atoms. The van der Waals surface area contributed by atoms with Gasteiger partial charge in [0.25, 0.3) is 0 Å². The molecule has 2 unspecified atom stereocenters. The van der Waals surface area contributed by atoms with Crippen LogP contribution in [0.15, 0.2) is 0 Å². The summed E-state index contributed by atoms with van der Waals surface area (Å²) >= 11 is 4.37. The third-order valence-electron chi connectivity index (χ3n) is 4.94. The largest absolute Gasteiger partial charge is 0.481 e. The number of rotatable bonds is 7. The molecule has 0 aromatic heterocycles. The van der Waals surface area contributed by atoms with Gasteiger partial charge in [0.2, 0.25) is 11.8 Å². The number of carbonyl (C=O) groups is 3.